The largest absolute Gasteiger partial charge is 0.409 e. The van der Waals surface area contributed by atoms with Gasteiger partial charge in [-0.3, -0.25) is 0 Å². The van der Waals surface area contributed by atoms with Crippen LogP contribution in [0.4, 0.5) is 5.82 Å². The minimum absolute atomic E-state index is 0.0918. The first-order valence-corrected chi connectivity index (χ1v) is 6.34. The number of rotatable bonds is 2. The van der Waals surface area contributed by atoms with E-state index in [1.165, 1.54) is 12.8 Å². The van der Waals surface area contributed by atoms with Gasteiger partial charge in [-0.25, -0.2) is 4.98 Å². The van der Waals surface area contributed by atoms with Gasteiger partial charge in [0.05, 0.1) is 0 Å². The highest BCUT2D eigenvalue weighted by atomic mass is 16.4. The van der Waals surface area contributed by atoms with Crippen molar-refractivity contribution < 1.29 is 5.21 Å². The lowest BCUT2D eigenvalue weighted by molar-refractivity contribution is 0.318. The van der Waals surface area contributed by atoms with Gasteiger partial charge < -0.3 is 15.8 Å². The lowest BCUT2D eigenvalue weighted by Crippen LogP contribution is -2.42. The zero-order chi connectivity index (χ0) is 13.1. The summed E-state index contributed by atoms with van der Waals surface area (Å²) in [5, 5.41) is 11.6. The van der Waals surface area contributed by atoms with Gasteiger partial charge in [-0.15, -0.1) is 0 Å². The van der Waals surface area contributed by atoms with Gasteiger partial charge in [-0.05, 0) is 37.8 Å². The normalized spacial score (nSPS) is 25.2. The van der Waals surface area contributed by atoms with Gasteiger partial charge in [0.15, 0.2) is 5.84 Å². The number of anilines is 1. The summed E-state index contributed by atoms with van der Waals surface area (Å²) in [6.07, 6.45) is 4.13. The Morgan fingerprint density at radius 3 is 2.89 bits per heavy atom. The van der Waals surface area contributed by atoms with Gasteiger partial charge in [-0.2, -0.15) is 0 Å². The molecule has 98 valence electrons. The second kappa shape index (κ2) is 5.25. The molecule has 3 N–H and O–H groups in total. The fraction of sp³-hybridized carbons (Fsp3) is 0.538. The van der Waals surface area contributed by atoms with E-state index in [1.807, 2.05) is 12.1 Å². The van der Waals surface area contributed by atoms with Crippen LogP contribution in [0.2, 0.25) is 0 Å². The van der Waals surface area contributed by atoms with Crippen molar-refractivity contribution in [1.29, 1.82) is 0 Å². The molecule has 2 atom stereocenters. The van der Waals surface area contributed by atoms with E-state index >= 15 is 0 Å². The van der Waals surface area contributed by atoms with Crippen molar-refractivity contribution >= 4 is 11.7 Å². The second-order valence-electron chi connectivity index (χ2n) is 4.94. The molecule has 0 aliphatic carbocycles. The number of oxime groups is 1. The quantitative estimate of drug-likeness (QED) is 0.362. The van der Waals surface area contributed by atoms with Gasteiger partial charge in [0.25, 0.3) is 0 Å². The topological polar surface area (TPSA) is 74.7 Å². The van der Waals surface area contributed by atoms with Gasteiger partial charge >= 0.3 is 0 Å². The van der Waals surface area contributed by atoms with Crippen LogP contribution in [0.25, 0.3) is 0 Å². The van der Waals surface area contributed by atoms with Crippen molar-refractivity contribution in [3.05, 3.63) is 23.9 Å². The number of hydrogen-bond donors (Lipinski definition) is 2. The number of amidine groups is 1. The first-order chi connectivity index (χ1) is 8.63. The van der Waals surface area contributed by atoms with Crippen molar-refractivity contribution in [3.8, 4) is 0 Å². The maximum Gasteiger partial charge on any atom is 0.171 e. The predicted octanol–water partition coefficient (Wildman–Crippen LogP) is 1.80. The van der Waals surface area contributed by atoms with Crippen LogP contribution >= 0.6 is 0 Å². The summed E-state index contributed by atoms with van der Waals surface area (Å²) in [6, 6.07) is 4.27. The molecular weight excluding hydrogens is 228 g/mol. The average Bonchev–Trinajstić information content (AvgIpc) is 2.41. The van der Waals surface area contributed by atoms with E-state index in [1.54, 1.807) is 6.20 Å². The molecule has 1 aliphatic rings. The fourth-order valence-corrected chi connectivity index (χ4v) is 2.42. The van der Waals surface area contributed by atoms with E-state index in [2.05, 4.69) is 28.9 Å². The molecular formula is C13H20N4O. The standard InChI is InChI=1S/C13H20N4O/c1-9-4-3-7-17(10(9)2)12-6-5-11(8-15-12)13(14)16-18/h5-6,8-10,18H,3-4,7H2,1-2H3,(H2,14,16). The molecule has 18 heavy (non-hydrogen) atoms. The fourth-order valence-electron chi connectivity index (χ4n) is 2.42. The highest BCUT2D eigenvalue weighted by molar-refractivity contribution is 5.96. The summed E-state index contributed by atoms with van der Waals surface area (Å²) in [6.45, 7) is 5.56. The van der Waals surface area contributed by atoms with Gasteiger partial charge in [0, 0.05) is 24.3 Å². The molecule has 2 heterocycles. The number of aromatic nitrogens is 1. The molecule has 0 amide bonds. The molecule has 5 heteroatoms. The summed E-state index contributed by atoms with van der Waals surface area (Å²) in [5.41, 5.74) is 6.16. The Hall–Kier alpha value is -1.78. The maximum atomic E-state index is 8.61. The molecule has 5 nitrogen and oxygen atoms in total. The Morgan fingerprint density at radius 2 is 2.28 bits per heavy atom. The molecule has 2 unspecified atom stereocenters. The molecule has 1 fully saturated rings. The summed E-state index contributed by atoms with van der Waals surface area (Å²) < 4.78 is 0. The van der Waals surface area contributed by atoms with Crippen LogP contribution in [0.15, 0.2) is 23.5 Å². The maximum absolute atomic E-state index is 8.61. The second-order valence-corrected chi connectivity index (χ2v) is 4.94. The van der Waals surface area contributed by atoms with E-state index in [0.29, 0.717) is 17.5 Å². The van der Waals surface area contributed by atoms with E-state index in [0.717, 1.165) is 12.4 Å². The van der Waals surface area contributed by atoms with Gasteiger partial charge in [0.1, 0.15) is 5.82 Å². The Morgan fingerprint density at radius 1 is 1.50 bits per heavy atom. The number of hydrogen-bond acceptors (Lipinski definition) is 4. The van der Waals surface area contributed by atoms with Crippen LogP contribution in [0, 0.1) is 5.92 Å². The van der Waals surface area contributed by atoms with Crippen molar-refractivity contribution in [2.75, 3.05) is 11.4 Å². The Labute approximate surface area is 107 Å². The molecule has 0 aromatic carbocycles. The summed E-state index contributed by atoms with van der Waals surface area (Å²) in [4.78, 5) is 6.73. The third kappa shape index (κ3) is 2.39. The average molecular weight is 248 g/mol. The zero-order valence-corrected chi connectivity index (χ0v) is 10.9. The van der Waals surface area contributed by atoms with Gasteiger partial charge in [-0.1, -0.05) is 12.1 Å². The highest BCUT2D eigenvalue weighted by Gasteiger charge is 2.25. The summed E-state index contributed by atoms with van der Waals surface area (Å²) in [7, 11) is 0. The molecule has 0 radical (unpaired) electrons. The van der Waals surface area contributed by atoms with Gasteiger partial charge in [0.2, 0.25) is 0 Å². The molecule has 2 rings (SSSR count). The van der Waals surface area contributed by atoms with E-state index in [-0.39, 0.29) is 5.84 Å². The number of pyridine rings is 1. The van der Waals surface area contributed by atoms with Crippen molar-refractivity contribution in [2.24, 2.45) is 16.8 Å². The summed E-state index contributed by atoms with van der Waals surface area (Å²) in [5.74, 6) is 1.74. The highest BCUT2D eigenvalue weighted by Crippen LogP contribution is 2.26. The smallest absolute Gasteiger partial charge is 0.171 e. The van der Waals surface area contributed by atoms with Crippen LogP contribution in [-0.2, 0) is 0 Å². The van der Waals surface area contributed by atoms with Crippen LogP contribution < -0.4 is 10.6 Å². The lowest BCUT2D eigenvalue weighted by Gasteiger charge is -2.38. The van der Waals surface area contributed by atoms with Crippen LogP contribution in [0.1, 0.15) is 32.3 Å². The minimum atomic E-state index is 0.0918. The van der Waals surface area contributed by atoms with Crippen molar-refractivity contribution in [3.63, 3.8) is 0 Å². The molecule has 1 aromatic heterocycles. The molecule has 1 saturated heterocycles. The van der Waals surface area contributed by atoms with E-state index in [4.69, 9.17) is 10.9 Å². The van der Waals surface area contributed by atoms with Crippen molar-refractivity contribution in [1.82, 2.24) is 4.98 Å². The Balaban J connectivity index is 2.19. The Kier molecular flexibility index (Phi) is 3.69. The zero-order valence-electron chi connectivity index (χ0n) is 10.9. The minimum Gasteiger partial charge on any atom is -0.409 e. The SMILES string of the molecule is CC1CCCN(c2ccc(C(N)=NO)cn2)C1C. The predicted molar refractivity (Wildman–Crippen MR) is 72.0 cm³/mol. The lowest BCUT2D eigenvalue weighted by atomic mass is 9.92. The number of nitrogens with two attached hydrogens (primary N) is 1. The molecule has 0 bridgehead atoms. The monoisotopic (exact) mass is 248 g/mol. The van der Waals surface area contributed by atoms with Crippen LogP contribution in [0.5, 0.6) is 0 Å². The molecule has 1 aliphatic heterocycles. The number of piperidine rings is 1. The Bertz CT molecular complexity index is 429. The van der Waals surface area contributed by atoms with Crippen LogP contribution in [-0.4, -0.2) is 28.6 Å². The number of nitrogens with zero attached hydrogens (tertiary/aromatic N) is 3. The van der Waals surface area contributed by atoms with Crippen molar-refractivity contribution in [2.45, 2.75) is 32.7 Å². The van der Waals surface area contributed by atoms with Crippen LogP contribution in [0.3, 0.4) is 0 Å². The third-order valence-corrected chi connectivity index (χ3v) is 3.82. The molecule has 0 spiro atoms. The molecule has 0 saturated carbocycles. The third-order valence-electron chi connectivity index (χ3n) is 3.82. The summed E-state index contributed by atoms with van der Waals surface area (Å²) >= 11 is 0. The van der Waals surface area contributed by atoms with E-state index in [9.17, 15) is 0 Å². The first-order valence-electron chi connectivity index (χ1n) is 6.34. The molecule has 1 aromatic rings. The van der Waals surface area contributed by atoms with E-state index < -0.39 is 0 Å². The first kappa shape index (κ1) is 12.7.